The van der Waals surface area contributed by atoms with E-state index in [1.54, 1.807) is 0 Å². The van der Waals surface area contributed by atoms with Gasteiger partial charge in [0.15, 0.2) is 5.82 Å². The van der Waals surface area contributed by atoms with E-state index in [1.165, 1.54) is 19.3 Å². The Hall–Kier alpha value is -0.940. The zero-order valence-electron chi connectivity index (χ0n) is 10.2. The van der Waals surface area contributed by atoms with Gasteiger partial charge in [-0.15, -0.1) is 0 Å². The number of rotatable bonds is 5. The van der Waals surface area contributed by atoms with Crippen molar-refractivity contribution in [2.75, 3.05) is 13.2 Å². The van der Waals surface area contributed by atoms with E-state index >= 15 is 0 Å². The van der Waals surface area contributed by atoms with Crippen molar-refractivity contribution in [1.82, 2.24) is 10.1 Å². The van der Waals surface area contributed by atoms with Gasteiger partial charge in [0.05, 0.1) is 6.61 Å². The summed E-state index contributed by atoms with van der Waals surface area (Å²) in [7, 11) is 0. The molecule has 5 nitrogen and oxygen atoms in total. The lowest BCUT2D eigenvalue weighted by atomic mass is 9.72. The maximum absolute atomic E-state index is 8.81. The second kappa shape index (κ2) is 5.60. The molecule has 96 valence electrons. The minimum Gasteiger partial charge on any atom is -0.396 e. The third-order valence-corrected chi connectivity index (χ3v) is 3.72. The first-order valence-corrected chi connectivity index (χ1v) is 6.40. The predicted octanol–water partition coefficient (Wildman–Crippen LogP) is 1.06. The Morgan fingerprint density at radius 1 is 1.29 bits per heavy atom. The first-order chi connectivity index (χ1) is 8.28. The van der Waals surface area contributed by atoms with Crippen LogP contribution in [0.3, 0.4) is 0 Å². The van der Waals surface area contributed by atoms with E-state index in [2.05, 4.69) is 10.1 Å². The van der Waals surface area contributed by atoms with Gasteiger partial charge in [-0.2, -0.15) is 4.98 Å². The molecule has 1 aliphatic rings. The molecule has 0 saturated heterocycles. The Labute approximate surface area is 101 Å². The third kappa shape index (κ3) is 3.04. The van der Waals surface area contributed by atoms with Crippen LogP contribution in [-0.4, -0.2) is 28.4 Å². The van der Waals surface area contributed by atoms with E-state index in [9.17, 15) is 0 Å². The molecule has 1 saturated carbocycles. The van der Waals surface area contributed by atoms with Crippen molar-refractivity contribution in [2.45, 2.75) is 44.9 Å². The van der Waals surface area contributed by atoms with Crippen molar-refractivity contribution in [3.63, 3.8) is 0 Å². The minimum atomic E-state index is 0.0566. The fourth-order valence-electron chi connectivity index (χ4n) is 2.64. The van der Waals surface area contributed by atoms with E-state index in [0.29, 0.717) is 24.7 Å². The molecular formula is C12H21N3O2. The molecular weight excluding hydrogens is 218 g/mol. The Kier molecular flexibility index (Phi) is 4.12. The average Bonchev–Trinajstić information content (AvgIpc) is 2.78. The second-order valence-corrected chi connectivity index (χ2v) is 5.02. The molecule has 1 heterocycles. The second-order valence-electron chi connectivity index (χ2n) is 5.02. The van der Waals surface area contributed by atoms with Gasteiger partial charge in [0, 0.05) is 12.8 Å². The largest absolute Gasteiger partial charge is 0.396 e. The number of nitrogens with two attached hydrogens (primary N) is 1. The third-order valence-electron chi connectivity index (χ3n) is 3.72. The fourth-order valence-corrected chi connectivity index (χ4v) is 2.64. The van der Waals surface area contributed by atoms with Gasteiger partial charge in [-0.1, -0.05) is 24.4 Å². The van der Waals surface area contributed by atoms with Crippen molar-refractivity contribution in [1.29, 1.82) is 0 Å². The summed E-state index contributed by atoms with van der Waals surface area (Å²) >= 11 is 0. The van der Waals surface area contributed by atoms with Crippen LogP contribution in [0.5, 0.6) is 0 Å². The van der Waals surface area contributed by atoms with Crippen molar-refractivity contribution in [2.24, 2.45) is 11.1 Å². The summed E-state index contributed by atoms with van der Waals surface area (Å²) in [6, 6.07) is 0. The highest BCUT2D eigenvalue weighted by molar-refractivity contribution is 4.95. The lowest BCUT2D eigenvalue weighted by molar-refractivity contribution is 0.177. The zero-order valence-corrected chi connectivity index (χ0v) is 10.2. The van der Waals surface area contributed by atoms with E-state index in [-0.39, 0.29) is 12.0 Å². The molecule has 17 heavy (non-hydrogen) atoms. The molecule has 0 amide bonds. The molecule has 1 fully saturated rings. The van der Waals surface area contributed by atoms with Crippen molar-refractivity contribution in [3.05, 3.63) is 11.7 Å². The summed E-state index contributed by atoms with van der Waals surface area (Å²) in [6.45, 7) is 0.742. The number of aliphatic hydroxyl groups excluding tert-OH is 1. The lowest BCUT2D eigenvalue weighted by Gasteiger charge is -2.34. The molecule has 0 aliphatic heterocycles. The molecule has 2 rings (SSSR count). The van der Waals surface area contributed by atoms with Gasteiger partial charge in [-0.3, -0.25) is 0 Å². The van der Waals surface area contributed by atoms with Gasteiger partial charge in [-0.05, 0) is 24.8 Å². The number of aliphatic hydroxyl groups is 1. The molecule has 1 aromatic heterocycles. The summed E-state index contributed by atoms with van der Waals surface area (Å²) in [6.07, 6.45) is 7.34. The van der Waals surface area contributed by atoms with E-state index < -0.39 is 0 Å². The number of hydrogen-bond acceptors (Lipinski definition) is 5. The van der Waals surface area contributed by atoms with Gasteiger partial charge < -0.3 is 15.4 Å². The predicted molar refractivity (Wildman–Crippen MR) is 63.4 cm³/mol. The number of hydrogen-bond donors (Lipinski definition) is 2. The van der Waals surface area contributed by atoms with E-state index in [1.807, 2.05) is 0 Å². The van der Waals surface area contributed by atoms with Gasteiger partial charge in [-0.25, -0.2) is 0 Å². The van der Waals surface area contributed by atoms with Crippen LogP contribution in [-0.2, 0) is 12.8 Å². The summed E-state index contributed by atoms with van der Waals surface area (Å²) in [5.41, 5.74) is 6.08. The maximum atomic E-state index is 8.81. The molecule has 1 aliphatic carbocycles. The number of nitrogens with zero attached hydrogens (tertiary/aromatic N) is 2. The quantitative estimate of drug-likeness (QED) is 0.802. The topological polar surface area (TPSA) is 85.2 Å². The van der Waals surface area contributed by atoms with E-state index in [4.69, 9.17) is 15.4 Å². The average molecular weight is 239 g/mol. The van der Waals surface area contributed by atoms with Crippen molar-refractivity contribution in [3.8, 4) is 0 Å². The van der Waals surface area contributed by atoms with E-state index in [0.717, 1.165) is 19.3 Å². The summed E-state index contributed by atoms with van der Waals surface area (Å²) in [5.74, 6) is 1.26. The summed E-state index contributed by atoms with van der Waals surface area (Å²) in [4.78, 5) is 4.29. The lowest BCUT2D eigenvalue weighted by Crippen LogP contribution is -2.35. The normalized spacial score (nSPS) is 19.4. The van der Waals surface area contributed by atoms with Crippen molar-refractivity contribution >= 4 is 0 Å². The van der Waals surface area contributed by atoms with Crippen LogP contribution in [0.25, 0.3) is 0 Å². The molecule has 5 heteroatoms. The molecule has 1 aromatic rings. The highest BCUT2D eigenvalue weighted by Gasteiger charge is 2.32. The highest BCUT2D eigenvalue weighted by Crippen LogP contribution is 2.37. The van der Waals surface area contributed by atoms with Crippen LogP contribution in [0.15, 0.2) is 4.52 Å². The Morgan fingerprint density at radius 3 is 2.71 bits per heavy atom. The van der Waals surface area contributed by atoms with Crippen molar-refractivity contribution < 1.29 is 9.63 Å². The Morgan fingerprint density at radius 2 is 2.06 bits per heavy atom. The number of aromatic nitrogens is 2. The maximum Gasteiger partial charge on any atom is 0.227 e. The first-order valence-electron chi connectivity index (χ1n) is 6.40. The van der Waals surface area contributed by atoms with Crippen LogP contribution in [0, 0.1) is 5.41 Å². The molecule has 0 atom stereocenters. The molecule has 3 N–H and O–H groups in total. The smallest absolute Gasteiger partial charge is 0.227 e. The van der Waals surface area contributed by atoms with Gasteiger partial charge >= 0.3 is 0 Å². The molecule has 0 aromatic carbocycles. The molecule has 0 unspecified atom stereocenters. The Bertz CT molecular complexity index is 345. The molecule has 0 spiro atoms. The van der Waals surface area contributed by atoms with Crippen LogP contribution in [0.1, 0.15) is 43.8 Å². The van der Waals surface area contributed by atoms with Gasteiger partial charge in [0.25, 0.3) is 0 Å². The molecule has 0 bridgehead atoms. The van der Waals surface area contributed by atoms with Crippen LogP contribution >= 0.6 is 0 Å². The van der Waals surface area contributed by atoms with Gasteiger partial charge in [0.1, 0.15) is 0 Å². The first kappa shape index (κ1) is 12.5. The van der Waals surface area contributed by atoms with Crippen LogP contribution < -0.4 is 5.73 Å². The fraction of sp³-hybridized carbons (Fsp3) is 0.833. The van der Waals surface area contributed by atoms with Crippen LogP contribution in [0.4, 0.5) is 0 Å². The summed E-state index contributed by atoms with van der Waals surface area (Å²) < 4.78 is 5.22. The SMILES string of the molecule is NCC1(Cc2nc(CCO)no2)CCCCC1. The zero-order chi connectivity index (χ0) is 12.1. The monoisotopic (exact) mass is 239 g/mol. The Balaban J connectivity index is 2.01. The van der Waals surface area contributed by atoms with Gasteiger partial charge in [0.2, 0.25) is 5.89 Å². The minimum absolute atomic E-state index is 0.0566. The highest BCUT2D eigenvalue weighted by atomic mass is 16.5. The standard InChI is InChI=1S/C12H21N3O2/c13-9-12(5-2-1-3-6-12)8-11-14-10(4-7-16)15-17-11/h16H,1-9,13H2. The molecule has 0 radical (unpaired) electrons. The summed E-state index contributed by atoms with van der Waals surface area (Å²) in [5, 5.41) is 12.7. The van der Waals surface area contributed by atoms with Crippen LogP contribution in [0.2, 0.25) is 0 Å².